The average molecular weight is 814 g/mol. The summed E-state index contributed by atoms with van der Waals surface area (Å²) in [7, 11) is -3.64. The lowest BCUT2D eigenvalue weighted by Crippen LogP contribution is -2.07. The number of hydrogen-bond acceptors (Lipinski definition) is 11. The minimum Gasteiger partial charge on any atom is -0.435 e. The van der Waals surface area contributed by atoms with Crippen LogP contribution in [0.4, 0.5) is 26.3 Å². The monoisotopic (exact) mass is 812 g/mol. The number of hydrogen-bond donors (Lipinski definition) is 0. The number of fused-ring (bicyclic) bond motifs is 2. The van der Waals surface area contributed by atoms with Gasteiger partial charge >= 0.3 is 11.0 Å². The number of nitrogens with zero attached hydrogens (tertiary/aromatic N) is 4. The van der Waals surface area contributed by atoms with Crippen molar-refractivity contribution in [3.05, 3.63) is 71.0 Å². The number of aromatic nitrogens is 4. The first-order chi connectivity index (χ1) is 23.4. The standard InChI is InChI=1S/C15H10ClF3N2O3S2.C15H10ClF3N2OS2/c1-2-26(22,23)11-5-6-12(16)21-13(11)14-20-9-7-8(25-15(17,18)19)3-4-10(9)24-14;1-2-23-11-5-6-12(16)21-13(11)14-20-9-7-8(24-15(17,18)19)3-4-10(9)22-14/h3-7H,2H2,1H3;3-7H,2H2,1H3. The second kappa shape index (κ2) is 15.2. The van der Waals surface area contributed by atoms with Crippen molar-refractivity contribution < 1.29 is 43.6 Å². The van der Waals surface area contributed by atoms with Gasteiger partial charge in [0, 0.05) is 14.7 Å². The van der Waals surface area contributed by atoms with E-state index in [-0.39, 0.29) is 77.7 Å². The largest absolute Gasteiger partial charge is 0.446 e. The van der Waals surface area contributed by atoms with Gasteiger partial charge in [-0.2, -0.15) is 26.3 Å². The van der Waals surface area contributed by atoms with Crippen LogP contribution in [0.15, 0.2) is 89.1 Å². The van der Waals surface area contributed by atoms with Crippen molar-refractivity contribution in [3.63, 3.8) is 0 Å². The van der Waals surface area contributed by atoms with E-state index in [4.69, 9.17) is 32.0 Å². The first-order valence-corrected chi connectivity index (χ1v) is 19.0. The van der Waals surface area contributed by atoms with Crippen molar-refractivity contribution in [2.45, 2.75) is 44.4 Å². The molecule has 0 bridgehead atoms. The third-order valence-corrected chi connectivity index (χ3v) is 10.8. The summed E-state index contributed by atoms with van der Waals surface area (Å²) in [5.41, 5.74) is -7.30. The van der Waals surface area contributed by atoms with Crippen molar-refractivity contribution in [3.8, 4) is 23.2 Å². The first-order valence-electron chi connectivity index (χ1n) is 14.0. The number of sulfone groups is 1. The molecule has 8 nitrogen and oxygen atoms in total. The van der Waals surface area contributed by atoms with Gasteiger partial charge in [-0.25, -0.2) is 28.4 Å². The highest BCUT2D eigenvalue weighted by molar-refractivity contribution is 8.00. The molecule has 264 valence electrons. The maximum Gasteiger partial charge on any atom is 0.446 e. The molecule has 6 rings (SSSR count). The predicted octanol–water partition coefficient (Wildman–Crippen LogP) is 11.2. The van der Waals surface area contributed by atoms with Gasteiger partial charge in [-0.3, -0.25) is 0 Å². The van der Waals surface area contributed by atoms with Crippen molar-refractivity contribution in [1.29, 1.82) is 0 Å². The average Bonchev–Trinajstić information content (AvgIpc) is 3.64. The molecule has 0 aliphatic rings. The van der Waals surface area contributed by atoms with E-state index in [1.807, 2.05) is 13.0 Å². The van der Waals surface area contributed by atoms with Crippen molar-refractivity contribution in [2.75, 3.05) is 11.5 Å². The third kappa shape index (κ3) is 9.58. The van der Waals surface area contributed by atoms with E-state index in [2.05, 4.69) is 19.9 Å². The fourth-order valence-electron chi connectivity index (χ4n) is 4.24. The Morgan fingerprint density at radius 2 is 1.16 bits per heavy atom. The van der Waals surface area contributed by atoms with Gasteiger partial charge < -0.3 is 8.83 Å². The summed E-state index contributed by atoms with van der Waals surface area (Å²) in [6, 6.07) is 14.1. The highest BCUT2D eigenvalue weighted by Gasteiger charge is 2.31. The van der Waals surface area contributed by atoms with E-state index in [0.29, 0.717) is 21.9 Å². The smallest absolute Gasteiger partial charge is 0.435 e. The molecule has 0 aliphatic heterocycles. The number of oxazole rings is 2. The zero-order valence-electron chi connectivity index (χ0n) is 25.3. The van der Waals surface area contributed by atoms with Crippen LogP contribution in [-0.4, -0.2) is 50.9 Å². The lowest BCUT2D eigenvalue weighted by molar-refractivity contribution is -0.0337. The Balaban J connectivity index is 0.000000195. The van der Waals surface area contributed by atoms with E-state index in [9.17, 15) is 34.8 Å². The van der Waals surface area contributed by atoms with Crippen LogP contribution in [0.2, 0.25) is 10.3 Å². The Morgan fingerprint density at radius 3 is 1.64 bits per heavy atom. The predicted molar refractivity (Wildman–Crippen MR) is 182 cm³/mol. The number of alkyl halides is 6. The van der Waals surface area contributed by atoms with Gasteiger partial charge in [0.1, 0.15) is 32.7 Å². The molecule has 50 heavy (non-hydrogen) atoms. The SMILES string of the molecule is CCS(=O)(=O)c1ccc(Cl)nc1-c1nc2cc(SC(F)(F)F)ccc2o1.CCSc1ccc(Cl)nc1-c1nc2cc(SC(F)(F)F)ccc2o1. The first kappa shape index (κ1) is 38.1. The molecule has 4 heterocycles. The van der Waals surface area contributed by atoms with Gasteiger partial charge in [0.25, 0.3) is 0 Å². The zero-order valence-corrected chi connectivity index (χ0v) is 30.0. The maximum absolute atomic E-state index is 12.5. The van der Waals surface area contributed by atoms with Crippen LogP contribution in [0.5, 0.6) is 0 Å². The van der Waals surface area contributed by atoms with Gasteiger partial charge in [0.2, 0.25) is 11.8 Å². The minimum absolute atomic E-state index is 0.0330. The number of rotatable bonds is 8. The molecule has 4 aromatic heterocycles. The lowest BCUT2D eigenvalue weighted by atomic mass is 10.3. The second-order valence-corrected chi connectivity index (χ2v) is 16.3. The van der Waals surface area contributed by atoms with Crippen molar-refractivity contribution in [2.24, 2.45) is 0 Å². The molecule has 0 radical (unpaired) electrons. The van der Waals surface area contributed by atoms with Crippen LogP contribution in [0, 0.1) is 0 Å². The molecular formula is C30H20Cl2F6N4O4S4. The van der Waals surface area contributed by atoms with E-state index in [1.54, 1.807) is 17.8 Å². The van der Waals surface area contributed by atoms with Crippen LogP contribution in [0.25, 0.3) is 45.4 Å². The molecule has 0 amide bonds. The normalized spacial score (nSPS) is 12.4. The van der Waals surface area contributed by atoms with E-state index in [1.165, 1.54) is 55.5 Å². The quantitative estimate of drug-likeness (QED) is 0.0831. The maximum atomic E-state index is 12.5. The van der Waals surface area contributed by atoms with Gasteiger partial charge in [-0.05, 0) is 89.9 Å². The summed E-state index contributed by atoms with van der Waals surface area (Å²) in [6.45, 7) is 3.47. The van der Waals surface area contributed by atoms with Crippen molar-refractivity contribution in [1.82, 2.24) is 19.9 Å². The summed E-state index contributed by atoms with van der Waals surface area (Å²) in [4.78, 5) is 17.3. The van der Waals surface area contributed by atoms with Crippen LogP contribution < -0.4 is 0 Å². The van der Waals surface area contributed by atoms with Crippen LogP contribution in [-0.2, 0) is 9.84 Å². The molecule has 0 spiro atoms. The molecule has 0 unspecified atom stereocenters. The molecule has 0 atom stereocenters. The zero-order chi connectivity index (χ0) is 36.4. The van der Waals surface area contributed by atoms with Crippen molar-refractivity contribution >= 4 is 90.5 Å². The topological polar surface area (TPSA) is 112 Å². The Hall–Kier alpha value is -3.16. The van der Waals surface area contributed by atoms with Gasteiger partial charge in [0.15, 0.2) is 21.0 Å². The van der Waals surface area contributed by atoms with Crippen LogP contribution >= 0.6 is 58.5 Å². The summed E-state index contributed by atoms with van der Waals surface area (Å²) < 4.78 is 111. The van der Waals surface area contributed by atoms with E-state index in [0.717, 1.165) is 10.6 Å². The molecular weight excluding hydrogens is 794 g/mol. The number of benzene rings is 2. The molecule has 0 aliphatic carbocycles. The summed E-state index contributed by atoms with van der Waals surface area (Å²) in [6.07, 6.45) is 0. The molecule has 0 saturated carbocycles. The lowest BCUT2D eigenvalue weighted by Gasteiger charge is -2.05. The number of pyridine rings is 2. The van der Waals surface area contributed by atoms with E-state index >= 15 is 0 Å². The molecule has 0 saturated heterocycles. The Kier molecular flexibility index (Phi) is 11.6. The molecule has 0 N–H and O–H groups in total. The molecule has 20 heteroatoms. The van der Waals surface area contributed by atoms with Gasteiger partial charge in [0.05, 0.1) is 10.6 Å². The summed E-state index contributed by atoms with van der Waals surface area (Å²) in [5.74, 6) is 0.750. The fourth-order valence-corrected chi connectivity index (χ4v) is 7.44. The Morgan fingerprint density at radius 1 is 0.680 bits per heavy atom. The number of thioether (sulfide) groups is 3. The highest BCUT2D eigenvalue weighted by Crippen LogP contribution is 2.40. The summed E-state index contributed by atoms with van der Waals surface area (Å²) in [5, 5.41) is 0.326. The molecule has 0 fully saturated rings. The summed E-state index contributed by atoms with van der Waals surface area (Å²) >= 11 is 12.9. The minimum atomic E-state index is -4.43. The fraction of sp³-hybridized carbons (Fsp3) is 0.200. The molecule has 2 aromatic carbocycles. The van der Waals surface area contributed by atoms with Gasteiger partial charge in [-0.15, -0.1) is 11.8 Å². The second-order valence-electron chi connectivity index (χ2n) is 9.69. The molecule has 6 aromatic rings. The van der Waals surface area contributed by atoms with Crippen LogP contribution in [0.1, 0.15) is 13.8 Å². The highest BCUT2D eigenvalue weighted by atomic mass is 35.5. The third-order valence-electron chi connectivity index (χ3n) is 6.25. The number of halogens is 8. The van der Waals surface area contributed by atoms with Crippen LogP contribution in [0.3, 0.4) is 0 Å². The Bertz CT molecular complexity index is 2280. The van der Waals surface area contributed by atoms with E-state index < -0.39 is 20.9 Å². The van der Waals surface area contributed by atoms with Gasteiger partial charge in [-0.1, -0.05) is 37.0 Å². The Labute approximate surface area is 302 Å².